The summed E-state index contributed by atoms with van der Waals surface area (Å²) in [4.78, 5) is 0. The van der Waals surface area contributed by atoms with Crippen LogP contribution in [0.5, 0.6) is 46.0 Å². The van der Waals surface area contributed by atoms with E-state index in [2.05, 4.69) is 0 Å². The molecule has 45 heavy (non-hydrogen) atoms. The maximum absolute atomic E-state index is 6.47. The zero-order valence-electron chi connectivity index (χ0n) is 24.4. The quantitative estimate of drug-likeness (QED) is 0.115. The summed E-state index contributed by atoms with van der Waals surface area (Å²) in [5.41, 5.74) is 28.1. The van der Waals surface area contributed by atoms with E-state index in [1.165, 1.54) is 0 Å². The van der Waals surface area contributed by atoms with Gasteiger partial charge in [0.1, 0.15) is 23.0 Å². The minimum Gasteiger partial charge on any atom is -0.453 e. The molecule has 0 heterocycles. The van der Waals surface area contributed by atoms with Crippen LogP contribution in [0.2, 0.25) is 0 Å². The number of benzene rings is 6. The van der Waals surface area contributed by atoms with Gasteiger partial charge in [-0.1, -0.05) is 36.4 Å². The maximum atomic E-state index is 6.47. The van der Waals surface area contributed by atoms with Crippen molar-refractivity contribution in [3.8, 4) is 46.0 Å². The second kappa shape index (κ2) is 12.9. The van der Waals surface area contributed by atoms with E-state index in [0.29, 0.717) is 75.2 Å². The first-order valence-corrected chi connectivity index (χ1v) is 14.3. The molecular formula is C37H32N4O4. The number of hydrogen-bond donors (Lipinski definition) is 4. The minimum atomic E-state index is 0.410. The Morgan fingerprint density at radius 3 is 1.16 bits per heavy atom. The van der Waals surface area contributed by atoms with Gasteiger partial charge in [-0.05, 0) is 84.9 Å². The number of nitrogen functional groups attached to an aromatic ring is 4. The SMILES string of the molecule is Nc1ccc(Oc2cccc(Cc3cccc(Oc4ccc(N)cc4)c3Oc3cccc(N)c3)c2Oc2cccc(N)c2)cc1. The Hall–Kier alpha value is -6.28. The highest BCUT2D eigenvalue weighted by Gasteiger charge is 2.19. The van der Waals surface area contributed by atoms with Crippen molar-refractivity contribution in [1.29, 1.82) is 0 Å². The average Bonchev–Trinajstić information content (AvgIpc) is 3.02. The Balaban J connectivity index is 1.42. The normalized spacial score (nSPS) is 10.7. The van der Waals surface area contributed by atoms with Gasteiger partial charge in [0.15, 0.2) is 23.0 Å². The summed E-state index contributed by atoms with van der Waals surface area (Å²) in [6.07, 6.45) is 0.410. The first kappa shape index (κ1) is 28.8. The lowest BCUT2D eigenvalue weighted by molar-refractivity contribution is 0.411. The van der Waals surface area contributed by atoms with Gasteiger partial charge in [0.25, 0.3) is 0 Å². The van der Waals surface area contributed by atoms with E-state index in [4.69, 9.17) is 41.9 Å². The van der Waals surface area contributed by atoms with Crippen molar-refractivity contribution in [3.05, 3.63) is 145 Å². The van der Waals surface area contributed by atoms with Gasteiger partial charge in [-0.2, -0.15) is 0 Å². The number of rotatable bonds is 10. The fraction of sp³-hybridized carbons (Fsp3) is 0.0270. The molecule has 6 aromatic rings. The van der Waals surface area contributed by atoms with Crippen molar-refractivity contribution in [1.82, 2.24) is 0 Å². The molecule has 224 valence electrons. The Kier molecular flexibility index (Phi) is 8.28. The molecule has 0 aliphatic carbocycles. The third-order valence-corrected chi connectivity index (χ3v) is 6.87. The molecule has 6 rings (SSSR count). The molecule has 0 saturated heterocycles. The van der Waals surface area contributed by atoms with Crippen molar-refractivity contribution in [2.24, 2.45) is 0 Å². The first-order chi connectivity index (χ1) is 21.9. The Morgan fingerprint density at radius 1 is 0.356 bits per heavy atom. The van der Waals surface area contributed by atoms with Crippen LogP contribution in [0, 0.1) is 0 Å². The third-order valence-electron chi connectivity index (χ3n) is 6.87. The second-order valence-corrected chi connectivity index (χ2v) is 10.4. The van der Waals surface area contributed by atoms with Crippen molar-refractivity contribution >= 4 is 22.7 Å². The molecule has 0 amide bonds. The zero-order chi connectivity index (χ0) is 31.2. The van der Waals surface area contributed by atoms with Crippen molar-refractivity contribution in [2.45, 2.75) is 6.42 Å². The molecule has 0 fully saturated rings. The molecular weight excluding hydrogens is 564 g/mol. The molecule has 8 heteroatoms. The second-order valence-electron chi connectivity index (χ2n) is 10.4. The highest BCUT2D eigenvalue weighted by Crippen LogP contribution is 2.43. The van der Waals surface area contributed by atoms with Crippen LogP contribution in [0.15, 0.2) is 133 Å². The van der Waals surface area contributed by atoms with E-state index in [0.717, 1.165) is 11.1 Å². The smallest absolute Gasteiger partial charge is 0.173 e. The van der Waals surface area contributed by atoms with Crippen LogP contribution in [0.3, 0.4) is 0 Å². The summed E-state index contributed by atoms with van der Waals surface area (Å²) in [6, 6.07) is 40.4. The molecule has 0 aliphatic rings. The van der Waals surface area contributed by atoms with E-state index in [9.17, 15) is 0 Å². The van der Waals surface area contributed by atoms with E-state index in [-0.39, 0.29) is 0 Å². The monoisotopic (exact) mass is 596 g/mol. The van der Waals surface area contributed by atoms with Crippen LogP contribution in [0.1, 0.15) is 11.1 Å². The van der Waals surface area contributed by atoms with Crippen LogP contribution in [-0.2, 0) is 6.42 Å². The van der Waals surface area contributed by atoms with Crippen LogP contribution >= 0.6 is 0 Å². The Morgan fingerprint density at radius 2 is 0.756 bits per heavy atom. The third kappa shape index (κ3) is 7.21. The molecule has 0 bridgehead atoms. The fourth-order valence-electron chi connectivity index (χ4n) is 4.72. The highest BCUT2D eigenvalue weighted by atomic mass is 16.5. The first-order valence-electron chi connectivity index (χ1n) is 14.3. The molecule has 0 radical (unpaired) electrons. The summed E-state index contributed by atoms with van der Waals surface area (Å²) in [5.74, 6) is 4.47. The van der Waals surface area contributed by atoms with Gasteiger partial charge in [-0.25, -0.2) is 0 Å². The zero-order valence-corrected chi connectivity index (χ0v) is 24.4. The summed E-state index contributed by atoms with van der Waals surface area (Å²) >= 11 is 0. The molecule has 8 N–H and O–H groups in total. The molecule has 0 aliphatic heterocycles. The predicted octanol–water partition coefficient (Wildman–Crippen LogP) is 8.78. The number of anilines is 4. The lowest BCUT2D eigenvalue weighted by Gasteiger charge is -2.19. The number of para-hydroxylation sites is 2. The van der Waals surface area contributed by atoms with E-state index < -0.39 is 0 Å². The van der Waals surface area contributed by atoms with Crippen LogP contribution < -0.4 is 41.9 Å². The van der Waals surface area contributed by atoms with Gasteiger partial charge in [0.2, 0.25) is 0 Å². The van der Waals surface area contributed by atoms with Crippen molar-refractivity contribution < 1.29 is 18.9 Å². The van der Waals surface area contributed by atoms with Gasteiger partial charge in [-0.15, -0.1) is 0 Å². The number of nitrogens with two attached hydrogens (primary N) is 4. The molecule has 0 aromatic heterocycles. The Bertz CT molecular complexity index is 1790. The Labute approximate surface area is 261 Å². The lowest BCUT2D eigenvalue weighted by atomic mass is 10.0. The lowest BCUT2D eigenvalue weighted by Crippen LogP contribution is -2.01. The fourth-order valence-corrected chi connectivity index (χ4v) is 4.72. The summed E-state index contributed by atoms with van der Waals surface area (Å²) in [6.45, 7) is 0. The van der Waals surface area contributed by atoms with Crippen LogP contribution in [0.25, 0.3) is 0 Å². The van der Waals surface area contributed by atoms with E-state index in [1.807, 2.05) is 84.9 Å². The molecule has 0 saturated carbocycles. The standard InChI is InChI=1S/C37H32N4O4/c38-26-13-17-30(18-14-26)42-34-11-1-5-24(36(34)44-32-9-3-7-28(40)22-32)21-25-6-2-12-35(43-31-19-15-27(39)16-20-31)37(25)45-33-10-4-8-29(41)23-33/h1-20,22-23H,21,38-41H2. The summed E-state index contributed by atoms with van der Waals surface area (Å²) < 4.78 is 25.6. The molecule has 0 spiro atoms. The minimum absolute atomic E-state index is 0.410. The average molecular weight is 597 g/mol. The van der Waals surface area contributed by atoms with E-state index >= 15 is 0 Å². The summed E-state index contributed by atoms with van der Waals surface area (Å²) in [5, 5.41) is 0. The van der Waals surface area contributed by atoms with Crippen molar-refractivity contribution in [2.75, 3.05) is 22.9 Å². The summed E-state index contributed by atoms with van der Waals surface area (Å²) in [7, 11) is 0. The van der Waals surface area contributed by atoms with Crippen molar-refractivity contribution in [3.63, 3.8) is 0 Å². The molecule has 0 atom stereocenters. The maximum Gasteiger partial charge on any atom is 0.173 e. The number of ether oxygens (including phenoxy) is 4. The van der Waals surface area contributed by atoms with Gasteiger partial charge in [0.05, 0.1) is 0 Å². The molecule has 6 aromatic carbocycles. The molecule has 0 unspecified atom stereocenters. The van der Waals surface area contributed by atoms with Crippen LogP contribution in [0.4, 0.5) is 22.7 Å². The topological polar surface area (TPSA) is 141 Å². The van der Waals surface area contributed by atoms with E-state index in [1.54, 1.807) is 48.5 Å². The van der Waals surface area contributed by atoms with Gasteiger partial charge >= 0.3 is 0 Å². The van der Waals surface area contributed by atoms with Gasteiger partial charge < -0.3 is 41.9 Å². The van der Waals surface area contributed by atoms with Gasteiger partial charge in [0, 0.05) is 52.4 Å². The van der Waals surface area contributed by atoms with Crippen LogP contribution in [-0.4, -0.2) is 0 Å². The largest absolute Gasteiger partial charge is 0.453 e. The molecule has 8 nitrogen and oxygen atoms in total. The highest BCUT2D eigenvalue weighted by molar-refractivity contribution is 5.58. The predicted molar refractivity (Wildman–Crippen MR) is 179 cm³/mol. The van der Waals surface area contributed by atoms with Gasteiger partial charge in [-0.3, -0.25) is 0 Å². The number of hydrogen-bond acceptors (Lipinski definition) is 8.